The van der Waals surface area contributed by atoms with Gasteiger partial charge in [0.15, 0.2) is 5.82 Å². The van der Waals surface area contributed by atoms with Crippen LogP contribution in [0.4, 0.5) is 14.5 Å². The topological polar surface area (TPSA) is 41.5 Å². The summed E-state index contributed by atoms with van der Waals surface area (Å²) in [6.45, 7) is 1.66. The van der Waals surface area contributed by atoms with E-state index in [2.05, 4.69) is 5.32 Å². The first-order valence-corrected chi connectivity index (χ1v) is 6.07. The molecule has 0 radical (unpaired) electrons. The van der Waals surface area contributed by atoms with Crippen LogP contribution in [0.25, 0.3) is 0 Å². The van der Waals surface area contributed by atoms with Crippen molar-refractivity contribution in [2.75, 3.05) is 12.4 Å². The molecule has 2 aromatic carbocycles. The number of phenolic OH excluding ortho intramolecular Hbond substituents is 1. The monoisotopic (exact) mass is 279 g/mol. The number of ether oxygens (including phenoxy) is 1. The van der Waals surface area contributed by atoms with Crippen LogP contribution in [0.1, 0.15) is 11.1 Å². The van der Waals surface area contributed by atoms with E-state index in [1.807, 2.05) is 0 Å². The third kappa shape index (κ3) is 2.82. The molecule has 0 spiro atoms. The van der Waals surface area contributed by atoms with Crippen LogP contribution < -0.4 is 10.1 Å². The quantitative estimate of drug-likeness (QED) is 0.898. The van der Waals surface area contributed by atoms with E-state index >= 15 is 0 Å². The minimum Gasteiger partial charge on any atom is -0.507 e. The number of rotatable bonds is 4. The Morgan fingerprint density at radius 3 is 2.60 bits per heavy atom. The highest BCUT2D eigenvalue weighted by Gasteiger charge is 2.12. The predicted molar refractivity (Wildman–Crippen MR) is 73.1 cm³/mol. The van der Waals surface area contributed by atoms with Gasteiger partial charge in [-0.2, -0.15) is 0 Å². The van der Waals surface area contributed by atoms with E-state index in [1.165, 1.54) is 25.3 Å². The number of methoxy groups -OCH3 is 1. The second-order valence-electron chi connectivity index (χ2n) is 4.40. The second kappa shape index (κ2) is 5.77. The molecule has 0 saturated carbocycles. The molecule has 0 saturated heterocycles. The summed E-state index contributed by atoms with van der Waals surface area (Å²) >= 11 is 0. The van der Waals surface area contributed by atoms with Crippen LogP contribution in [0.5, 0.6) is 11.5 Å². The van der Waals surface area contributed by atoms with Crippen molar-refractivity contribution < 1.29 is 18.6 Å². The third-order valence-corrected chi connectivity index (χ3v) is 3.03. The average Bonchev–Trinajstić information content (AvgIpc) is 2.44. The van der Waals surface area contributed by atoms with Gasteiger partial charge in [0.25, 0.3) is 0 Å². The molecule has 0 aromatic heterocycles. The van der Waals surface area contributed by atoms with E-state index in [9.17, 15) is 13.9 Å². The van der Waals surface area contributed by atoms with Crippen molar-refractivity contribution >= 4 is 5.69 Å². The Bertz CT molecular complexity index is 630. The van der Waals surface area contributed by atoms with E-state index in [4.69, 9.17) is 4.74 Å². The number of halogens is 2. The van der Waals surface area contributed by atoms with E-state index < -0.39 is 11.6 Å². The fourth-order valence-corrected chi connectivity index (χ4v) is 1.82. The summed E-state index contributed by atoms with van der Waals surface area (Å²) in [5, 5.41) is 12.5. The molecular weight excluding hydrogens is 264 g/mol. The minimum absolute atomic E-state index is 0.00493. The molecule has 0 aliphatic carbocycles. The van der Waals surface area contributed by atoms with Crippen LogP contribution in [-0.2, 0) is 6.54 Å². The number of phenols is 1. The molecule has 0 aliphatic heterocycles. The van der Waals surface area contributed by atoms with Gasteiger partial charge in [0, 0.05) is 18.2 Å². The lowest BCUT2D eigenvalue weighted by molar-refractivity contribution is 0.406. The summed E-state index contributed by atoms with van der Waals surface area (Å²) in [7, 11) is 1.49. The molecule has 5 heteroatoms. The largest absolute Gasteiger partial charge is 0.507 e. The molecule has 0 fully saturated rings. The molecule has 0 bridgehead atoms. The summed E-state index contributed by atoms with van der Waals surface area (Å²) in [6, 6.07) is 7.32. The SMILES string of the molecule is COc1ccc(CNc2c(F)ccc(C)c2F)c(O)c1. The van der Waals surface area contributed by atoms with Crippen molar-refractivity contribution in [3.05, 3.63) is 53.1 Å². The van der Waals surface area contributed by atoms with Crippen molar-refractivity contribution in [1.29, 1.82) is 0 Å². The van der Waals surface area contributed by atoms with Crippen LogP contribution >= 0.6 is 0 Å². The molecule has 0 heterocycles. The number of benzene rings is 2. The van der Waals surface area contributed by atoms with Crippen molar-refractivity contribution in [3.63, 3.8) is 0 Å². The molecule has 2 N–H and O–H groups in total. The Balaban J connectivity index is 2.19. The number of aryl methyl sites for hydroxylation is 1. The van der Waals surface area contributed by atoms with Gasteiger partial charge < -0.3 is 15.2 Å². The summed E-state index contributed by atoms with van der Waals surface area (Å²) in [5.74, 6) is -0.774. The zero-order chi connectivity index (χ0) is 14.7. The smallest absolute Gasteiger partial charge is 0.152 e. The molecule has 2 rings (SSSR count). The molecule has 0 unspecified atom stereocenters. The van der Waals surface area contributed by atoms with E-state index in [-0.39, 0.29) is 18.0 Å². The number of anilines is 1. The summed E-state index contributed by atoms with van der Waals surface area (Å²) in [6.07, 6.45) is 0. The van der Waals surface area contributed by atoms with Crippen molar-refractivity contribution in [1.82, 2.24) is 0 Å². The number of hydrogen-bond acceptors (Lipinski definition) is 3. The highest BCUT2D eigenvalue weighted by Crippen LogP contribution is 2.26. The lowest BCUT2D eigenvalue weighted by Crippen LogP contribution is -2.05. The molecule has 20 heavy (non-hydrogen) atoms. The van der Waals surface area contributed by atoms with Crippen molar-refractivity contribution in [2.45, 2.75) is 13.5 Å². The molecule has 3 nitrogen and oxygen atoms in total. The maximum Gasteiger partial charge on any atom is 0.152 e. The predicted octanol–water partition coefficient (Wildman–Crippen LogP) is 3.60. The van der Waals surface area contributed by atoms with Crippen LogP contribution in [0.15, 0.2) is 30.3 Å². The lowest BCUT2D eigenvalue weighted by atomic mass is 10.1. The molecular formula is C15H15F2NO2. The maximum atomic E-state index is 13.8. The zero-order valence-electron chi connectivity index (χ0n) is 11.2. The summed E-state index contributed by atoms with van der Waals surface area (Å²) in [5.41, 5.74) is 0.680. The van der Waals surface area contributed by atoms with Crippen LogP contribution in [0, 0.1) is 18.6 Å². The minimum atomic E-state index is -0.666. The van der Waals surface area contributed by atoms with E-state index in [0.717, 1.165) is 0 Å². The first-order valence-electron chi connectivity index (χ1n) is 6.07. The van der Waals surface area contributed by atoms with Gasteiger partial charge in [-0.1, -0.05) is 6.07 Å². The lowest BCUT2D eigenvalue weighted by Gasteiger charge is -2.12. The highest BCUT2D eigenvalue weighted by molar-refractivity contribution is 5.50. The fourth-order valence-electron chi connectivity index (χ4n) is 1.82. The first kappa shape index (κ1) is 14.1. The molecule has 0 amide bonds. The normalized spacial score (nSPS) is 10.4. The standard InChI is InChI=1S/C15H15F2NO2/c1-9-3-6-12(16)15(14(9)17)18-8-10-4-5-11(20-2)7-13(10)19/h3-7,18-19H,8H2,1-2H3. The summed E-state index contributed by atoms with van der Waals surface area (Å²) < 4.78 is 32.3. The number of hydrogen-bond donors (Lipinski definition) is 2. The first-order chi connectivity index (χ1) is 9.52. The molecule has 0 aliphatic rings. The van der Waals surface area contributed by atoms with Gasteiger partial charge in [-0.3, -0.25) is 0 Å². The average molecular weight is 279 g/mol. The Hall–Kier alpha value is -2.30. The van der Waals surface area contributed by atoms with Crippen molar-refractivity contribution in [3.8, 4) is 11.5 Å². The van der Waals surface area contributed by atoms with Gasteiger partial charge in [0.05, 0.1) is 7.11 Å². The van der Waals surface area contributed by atoms with Gasteiger partial charge in [0.2, 0.25) is 0 Å². The fraction of sp³-hybridized carbons (Fsp3) is 0.200. The number of nitrogens with one attached hydrogen (secondary N) is 1. The Labute approximate surface area is 115 Å². The molecule has 106 valence electrons. The van der Waals surface area contributed by atoms with Gasteiger partial charge in [0.1, 0.15) is 23.0 Å². The third-order valence-electron chi connectivity index (χ3n) is 3.03. The maximum absolute atomic E-state index is 13.8. The zero-order valence-corrected chi connectivity index (χ0v) is 11.2. The van der Waals surface area contributed by atoms with Crippen LogP contribution in [0.2, 0.25) is 0 Å². The Morgan fingerprint density at radius 1 is 1.20 bits per heavy atom. The molecule has 0 atom stereocenters. The van der Waals surface area contributed by atoms with Crippen LogP contribution in [0.3, 0.4) is 0 Å². The van der Waals surface area contributed by atoms with E-state index in [1.54, 1.807) is 19.1 Å². The van der Waals surface area contributed by atoms with Crippen molar-refractivity contribution in [2.24, 2.45) is 0 Å². The molecule has 2 aromatic rings. The van der Waals surface area contributed by atoms with Gasteiger partial charge in [-0.25, -0.2) is 8.78 Å². The van der Waals surface area contributed by atoms with Gasteiger partial charge in [-0.05, 0) is 30.7 Å². The Morgan fingerprint density at radius 2 is 1.95 bits per heavy atom. The number of aromatic hydroxyl groups is 1. The summed E-state index contributed by atoms with van der Waals surface area (Å²) in [4.78, 5) is 0. The van der Waals surface area contributed by atoms with Gasteiger partial charge in [-0.15, -0.1) is 0 Å². The van der Waals surface area contributed by atoms with Gasteiger partial charge >= 0.3 is 0 Å². The van der Waals surface area contributed by atoms with Crippen LogP contribution in [-0.4, -0.2) is 12.2 Å². The highest BCUT2D eigenvalue weighted by atomic mass is 19.1. The van der Waals surface area contributed by atoms with E-state index in [0.29, 0.717) is 16.9 Å². The second-order valence-corrected chi connectivity index (χ2v) is 4.40. The Kier molecular flexibility index (Phi) is 4.08.